The molecule has 2 rings (SSSR count). The molecule has 1 aliphatic rings. The second kappa shape index (κ2) is 4.78. The highest BCUT2D eigenvalue weighted by Crippen LogP contribution is 2.26. The van der Waals surface area contributed by atoms with Gasteiger partial charge in [0.25, 0.3) is 0 Å². The van der Waals surface area contributed by atoms with Crippen molar-refractivity contribution < 1.29 is 4.74 Å². The van der Waals surface area contributed by atoms with E-state index in [2.05, 4.69) is 9.97 Å². The molecule has 0 amide bonds. The zero-order valence-electron chi connectivity index (χ0n) is 9.78. The van der Waals surface area contributed by atoms with Crippen LogP contribution in [0.25, 0.3) is 0 Å². The Morgan fingerprint density at radius 2 is 2.12 bits per heavy atom. The van der Waals surface area contributed by atoms with Crippen molar-refractivity contribution in [1.29, 1.82) is 0 Å². The number of aromatic nitrogens is 2. The molecule has 88 valence electrons. The number of nitrogens with two attached hydrogens (primary N) is 1. The average Bonchev–Trinajstić information content (AvgIpc) is 2.28. The fourth-order valence-electron chi connectivity index (χ4n) is 2.10. The highest BCUT2D eigenvalue weighted by Gasteiger charge is 2.28. The first kappa shape index (κ1) is 11.3. The summed E-state index contributed by atoms with van der Waals surface area (Å²) in [4.78, 5) is 8.27. The summed E-state index contributed by atoms with van der Waals surface area (Å²) in [5, 5.41) is 0. The zero-order chi connectivity index (χ0) is 11.4. The predicted octanol–water partition coefficient (Wildman–Crippen LogP) is 1.83. The van der Waals surface area contributed by atoms with Gasteiger partial charge in [-0.1, -0.05) is 19.3 Å². The Kier molecular flexibility index (Phi) is 3.39. The SMILES string of the molecule is Cc1ccnc(OCC2(N)CCCCC2)n1. The van der Waals surface area contributed by atoms with E-state index in [1.165, 1.54) is 19.3 Å². The number of nitrogens with zero attached hydrogens (tertiary/aromatic N) is 2. The van der Waals surface area contributed by atoms with Crippen molar-refractivity contribution >= 4 is 0 Å². The van der Waals surface area contributed by atoms with Crippen LogP contribution in [-0.2, 0) is 0 Å². The first-order valence-corrected chi connectivity index (χ1v) is 5.89. The van der Waals surface area contributed by atoms with Gasteiger partial charge in [0.2, 0.25) is 0 Å². The lowest BCUT2D eigenvalue weighted by atomic mass is 9.83. The van der Waals surface area contributed by atoms with Gasteiger partial charge < -0.3 is 10.5 Å². The molecule has 1 saturated carbocycles. The molecule has 0 unspecified atom stereocenters. The standard InChI is InChI=1S/C12H19N3O/c1-10-5-8-14-11(15-10)16-9-12(13)6-3-2-4-7-12/h5,8H,2-4,6-7,9,13H2,1H3. The van der Waals surface area contributed by atoms with Gasteiger partial charge >= 0.3 is 6.01 Å². The topological polar surface area (TPSA) is 61.0 Å². The maximum Gasteiger partial charge on any atom is 0.316 e. The number of aryl methyl sites for hydroxylation is 1. The molecule has 1 fully saturated rings. The fourth-order valence-corrected chi connectivity index (χ4v) is 2.10. The molecule has 4 heteroatoms. The van der Waals surface area contributed by atoms with Crippen LogP contribution in [0.5, 0.6) is 6.01 Å². The Morgan fingerprint density at radius 3 is 2.81 bits per heavy atom. The molecule has 0 spiro atoms. The first-order valence-electron chi connectivity index (χ1n) is 5.89. The van der Waals surface area contributed by atoms with Gasteiger partial charge in [0.1, 0.15) is 6.61 Å². The van der Waals surface area contributed by atoms with Gasteiger partial charge in [-0.3, -0.25) is 0 Å². The molecule has 1 heterocycles. The molecule has 16 heavy (non-hydrogen) atoms. The highest BCUT2D eigenvalue weighted by molar-refractivity contribution is 5.03. The van der Waals surface area contributed by atoms with Crippen LogP contribution in [0, 0.1) is 6.92 Å². The van der Waals surface area contributed by atoms with Crippen molar-refractivity contribution in [2.24, 2.45) is 5.73 Å². The van der Waals surface area contributed by atoms with Gasteiger partial charge in [-0.2, -0.15) is 0 Å². The van der Waals surface area contributed by atoms with E-state index in [4.69, 9.17) is 10.5 Å². The van der Waals surface area contributed by atoms with E-state index in [1.807, 2.05) is 13.0 Å². The minimum Gasteiger partial charge on any atom is -0.462 e. The van der Waals surface area contributed by atoms with Crippen LogP contribution in [0.2, 0.25) is 0 Å². The molecular formula is C12H19N3O. The first-order chi connectivity index (χ1) is 7.68. The summed E-state index contributed by atoms with van der Waals surface area (Å²) in [6, 6.07) is 2.29. The summed E-state index contributed by atoms with van der Waals surface area (Å²) in [6.07, 6.45) is 7.49. The summed E-state index contributed by atoms with van der Waals surface area (Å²) >= 11 is 0. The van der Waals surface area contributed by atoms with Gasteiger partial charge in [0.15, 0.2) is 0 Å². The van der Waals surface area contributed by atoms with Crippen LogP contribution < -0.4 is 10.5 Å². The number of rotatable bonds is 3. The Balaban J connectivity index is 1.91. The summed E-state index contributed by atoms with van der Waals surface area (Å²) in [6.45, 7) is 2.45. The molecule has 4 nitrogen and oxygen atoms in total. The molecular weight excluding hydrogens is 202 g/mol. The summed E-state index contributed by atoms with van der Waals surface area (Å²) in [5.74, 6) is 0. The zero-order valence-corrected chi connectivity index (χ0v) is 9.78. The molecule has 0 aliphatic heterocycles. The van der Waals surface area contributed by atoms with E-state index in [0.717, 1.165) is 18.5 Å². The number of hydrogen-bond donors (Lipinski definition) is 1. The molecule has 1 aromatic heterocycles. The van der Waals surface area contributed by atoms with E-state index in [9.17, 15) is 0 Å². The molecule has 0 aromatic carbocycles. The molecule has 1 aliphatic carbocycles. The molecule has 0 atom stereocenters. The highest BCUT2D eigenvalue weighted by atomic mass is 16.5. The van der Waals surface area contributed by atoms with Crippen LogP contribution in [0.15, 0.2) is 12.3 Å². The van der Waals surface area contributed by atoms with Crippen molar-refractivity contribution in [3.8, 4) is 6.01 Å². The lowest BCUT2D eigenvalue weighted by Crippen LogP contribution is -2.47. The van der Waals surface area contributed by atoms with Gasteiger partial charge in [0.05, 0.1) is 5.54 Å². The lowest BCUT2D eigenvalue weighted by Gasteiger charge is -2.32. The third-order valence-corrected chi connectivity index (χ3v) is 3.11. The van der Waals surface area contributed by atoms with Crippen molar-refractivity contribution in [2.75, 3.05) is 6.61 Å². The third-order valence-electron chi connectivity index (χ3n) is 3.11. The monoisotopic (exact) mass is 221 g/mol. The van der Waals surface area contributed by atoms with E-state index >= 15 is 0 Å². The van der Waals surface area contributed by atoms with Crippen LogP contribution in [0.3, 0.4) is 0 Å². The normalized spacial score (nSPS) is 19.4. The smallest absolute Gasteiger partial charge is 0.316 e. The quantitative estimate of drug-likeness (QED) is 0.845. The number of ether oxygens (including phenoxy) is 1. The maximum absolute atomic E-state index is 6.26. The fraction of sp³-hybridized carbons (Fsp3) is 0.667. The largest absolute Gasteiger partial charge is 0.462 e. The maximum atomic E-state index is 6.26. The van der Waals surface area contributed by atoms with Crippen molar-refractivity contribution in [1.82, 2.24) is 9.97 Å². The Labute approximate surface area is 96.2 Å². The van der Waals surface area contributed by atoms with Gasteiger partial charge in [0, 0.05) is 11.9 Å². The Hall–Kier alpha value is -1.16. The summed E-state index contributed by atoms with van der Waals surface area (Å²) in [7, 11) is 0. The van der Waals surface area contributed by atoms with Crippen LogP contribution in [0.1, 0.15) is 37.8 Å². The lowest BCUT2D eigenvalue weighted by molar-refractivity contribution is 0.163. The molecule has 0 bridgehead atoms. The van der Waals surface area contributed by atoms with Crippen molar-refractivity contribution in [3.05, 3.63) is 18.0 Å². The third kappa shape index (κ3) is 2.92. The summed E-state index contributed by atoms with van der Waals surface area (Å²) < 4.78 is 5.58. The van der Waals surface area contributed by atoms with Gasteiger partial charge in [-0.25, -0.2) is 9.97 Å². The van der Waals surface area contributed by atoms with Crippen molar-refractivity contribution in [3.63, 3.8) is 0 Å². The molecule has 2 N–H and O–H groups in total. The Morgan fingerprint density at radius 1 is 1.38 bits per heavy atom. The van der Waals surface area contributed by atoms with E-state index in [0.29, 0.717) is 12.6 Å². The minimum atomic E-state index is -0.175. The molecule has 0 saturated heterocycles. The average molecular weight is 221 g/mol. The van der Waals surface area contributed by atoms with E-state index in [1.54, 1.807) is 6.20 Å². The van der Waals surface area contributed by atoms with E-state index < -0.39 is 0 Å². The van der Waals surface area contributed by atoms with Crippen LogP contribution in [-0.4, -0.2) is 22.1 Å². The van der Waals surface area contributed by atoms with Gasteiger partial charge in [-0.15, -0.1) is 0 Å². The second-order valence-electron chi connectivity index (χ2n) is 4.69. The van der Waals surface area contributed by atoms with E-state index in [-0.39, 0.29) is 5.54 Å². The number of hydrogen-bond acceptors (Lipinski definition) is 4. The minimum absolute atomic E-state index is 0.175. The summed E-state index contributed by atoms with van der Waals surface area (Å²) in [5.41, 5.74) is 7.01. The molecule has 1 aromatic rings. The van der Waals surface area contributed by atoms with Crippen LogP contribution in [0.4, 0.5) is 0 Å². The molecule has 0 radical (unpaired) electrons. The van der Waals surface area contributed by atoms with Crippen molar-refractivity contribution in [2.45, 2.75) is 44.6 Å². The second-order valence-corrected chi connectivity index (χ2v) is 4.69. The van der Waals surface area contributed by atoms with Crippen LogP contribution >= 0.6 is 0 Å². The Bertz CT molecular complexity index is 348. The predicted molar refractivity (Wildman–Crippen MR) is 62.3 cm³/mol. The van der Waals surface area contributed by atoms with Gasteiger partial charge in [-0.05, 0) is 25.8 Å².